The Kier molecular flexibility index (Phi) is 16.9. The predicted octanol–water partition coefficient (Wildman–Crippen LogP) is -1.61. The highest BCUT2D eigenvalue weighted by atomic mass is 32.2. The molecule has 15 atom stereocenters. The van der Waals surface area contributed by atoms with Gasteiger partial charge in [0.25, 0.3) is 0 Å². The average molecular weight is 729 g/mol. The number of fused-ring (bicyclic) bond motifs is 2. The summed E-state index contributed by atoms with van der Waals surface area (Å²) in [6, 6.07) is 0. The van der Waals surface area contributed by atoms with Gasteiger partial charge in [0.15, 0.2) is 30.9 Å². The van der Waals surface area contributed by atoms with Crippen molar-refractivity contribution in [3.8, 4) is 0 Å². The summed E-state index contributed by atoms with van der Waals surface area (Å²) in [6.07, 6.45) is -10.3. The normalized spacial score (nSPS) is 42.2. The van der Waals surface area contributed by atoms with Crippen LogP contribution in [0.5, 0.6) is 0 Å². The average Bonchev–Trinajstić information content (AvgIpc) is 3.39. The lowest BCUT2D eigenvalue weighted by Crippen LogP contribution is -2.59. The molecule has 22 heteroatoms. The molecule has 0 saturated carbocycles. The Bertz CT molecular complexity index is 884. The molecule has 7 N–H and O–H groups in total. The molecule has 4 aliphatic heterocycles. The van der Waals surface area contributed by atoms with E-state index in [1.165, 1.54) is 7.11 Å². The van der Waals surface area contributed by atoms with Crippen LogP contribution in [-0.2, 0) is 60.3 Å². The molecule has 4 fully saturated rings. The van der Waals surface area contributed by atoms with Crippen molar-refractivity contribution in [1.29, 1.82) is 0 Å². The summed E-state index contributed by atoms with van der Waals surface area (Å²) in [4.78, 5) is 0. The first kappa shape index (κ1) is 39.7. The second-order valence-electron chi connectivity index (χ2n) is 11.4. The number of aliphatic hydroxyl groups excluding tert-OH is 5. The zero-order chi connectivity index (χ0) is 33.9. The van der Waals surface area contributed by atoms with E-state index in [2.05, 4.69) is 18.7 Å². The molecule has 0 aliphatic carbocycles. The van der Waals surface area contributed by atoms with Crippen LogP contribution in [0, 0.1) is 17.8 Å². The monoisotopic (exact) mass is 728 g/mol. The minimum atomic E-state index is -1.27. The first-order chi connectivity index (χ1) is 22.8. The van der Waals surface area contributed by atoms with Gasteiger partial charge >= 0.3 is 0 Å². The van der Waals surface area contributed by atoms with E-state index in [0.29, 0.717) is 18.7 Å². The summed E-state index contributed by atoms with van der Waals surface area (Å²) in [5, 5.41) is 76.9. The summed E-state index contributed by atoms with van der Waals surface area (Å²) in [5.74, 6) is -1.70. The highest BCUT2D eigenvalue weighted by Gasteiger charge is 2.52. The van der Waals surface area contributed by atoms with Crippen LogP contribution in [0.15, 0.2) is 0 Å². The molecule has 276 valence electrons. The fourth-order valence-electron chi connectivity index (χ4n) is 6.51. The van der Waals surface area contributed by atoms with Gasteiger partial charge in [-0.15, -0.1) is 8.67 Å². The molecule has 0 aromatic heterocycles. The third kappa shape index (κ3) is 9.82. The topological polar surface area (TPSA) is 262 Å². The maximum absolute atomic E-state index is 11.4. The van der Waals surface area contributed by atoms with Crippen molar-refractivity contribution in [2.75, 3.05) is 53.4 Å². The van der Waals surface area contributed by atoms with Gasteiger partial charge in [-0.25, -0.2) is 10.5 Å². The SMILES string of the molecule is CC[C@H]1C(O)[C@@H](COC[C@@H]2C(O)[C@H](COC[C@H]3C4CO[C@H]3C(O)[C@@H](OC)O4)OC(CO)[C@@H]2OSOOO)OC(CO)[C@@H]1OSOOO. The van der Waals surface area contributed by atoms with E-state index < -0.39 is 92.4 Å². The summed E-state index contributed by atoms with van der Waals surface area (Å²) in [5.41, 5.74) is 0. The molecule has 0 aromatic rings. The minimum Gasteiger partial charge on any atom is -0.394 e. The molecular formula is C25H44O20S2. The fraction of sp³-hybridized carbons (Fsp3) is 1.00. The standard InChI is InChI=1S/C25H44O20S2/c1-3-11-19(28)17(37-14(4-26)22(11)40-46-44-42-31)8-35-7-13-20(29)18(38-15(5-27)23(13)41-47-45-43-32)9-34-6-12-16-10-36-24(12)21(30)25(33-2)39-16/h11-32H,3-10H2,1-2H3/t11-,12-,13+,14?,15?,16?,17+,18-,19?,20?,21?,22+,23+,24+,25-/m0/s1. The van der Waals surface area contributed by atoms with Crippen LogP contribution in [0.3, 0.4) is 0 Å². The second kappa shape index (κ2) is 20.1. The second-order valence-corrected chi connectivity index (χ2v) is 12.3. The van der Waals surface area contributed by atoms with E-state index in [-0.39, 0.29) is 57.4 Å². The van der Waals surface area contributed by atoms with E-state index >= 15 is 0 Å². The lowest BCUT2D eigenvalue weighted by atomic mass is 9.84. The summed E-state index contributed by atoms with van der Waals surface area (Å²) < 4.78 is 59.7. The van der Waals surface area contributed by atoms with E-state index in [4.69, 9.17) is 52.0 Å². The van der Waals surface area contributed by atoms with Gasteiger partial charge in [0.05, 0.1) is 70.7 Å². The Labute approximate surface area is 278 Å². The molecular weight excluding hydrogens is 684 g/mol. The maximum Gasteiger partial charge on any atom is 0.198 e. The third-order valence-electron chi connectivity index (χ3n) is 8.86. The fourth-order valence-corrected chi connectivity index (χ4v) is 7.34. The van der Waals surface area contributed by atoms with Crippen LogP contribution in [0.2, 0.25) is 0 Å². The van der Waals surface area contributed by atoms with Crippen molar-refractivity contribution < 1.29 is 96.3 Å². The van der Waals surface area contributed by atoms with E-state index in [9.17, 15) is 25.5 Å². The largest absolute Gasteiger partial charge is 0.394 e. The van der Waals surface area contributed by atoms with Crippen LogP contribution < -0.4 is 0 Å². The highest BCUT2D eigenvalue weighted by Crippen LogP contribution is 2.37. The van der Waals surface area contributed by atoms with Gasteiger partial charge < -0.3 is 58.7 Å². The van der Waals surface area contributed by atoms with Crippen molar-refractivity contribution in [1.82, 2.24) is 0 Å². The van der Waals surface area contributed by atoms with Crippen LogP contribution in [0.25, 0.3) is 0 Å². The van der Waals surface area contributed by atoms with Crippen LogP contribution in [-0.4, -0.2) is 163 Å². The molecule has 20 nitrogen and oxygen atoms in total. The van der Waals surface area contributed by atoms with Crippen molar-refractivity contribution in [3.63, 3.8) is 0 Å². The molecule has 0 spiro atoms. The molecule has 6 unspecified atom stereocenters. The van der Waals surface area contributed by atoms with Crippen LogP contribution in [0.1, 0.15) is 13.3 Å². The van der Waals surface area contributed by atoms with E-state index in [1.807, 2.05) is 0 Å². The number of hydrogen-bond donors (Lipinski definition) is 7. The molecule has 0 radical (unpaired) electrons. The molecule has 47 heavy (non-hydrogen) atoms. The predicted molar refractivity (Wildman–Crippen MR) is 152 cm³/mol. The van der Waals surface area contributed by atoms with Crippen LogP contribution >= 0.6 is 24.6 Å². The summed E-state index contributed by atoms with van der Waals surface area (Å²) in [6.45, 7) is 0.706. The van der Waals surface area contributed by atoms with Gasteiger partial charge in [0.1, 0.15) is 42.7 Å². The molecule has 0 aromatic carbocycles. The molecule has 4 aliphatic rings. The zero-order valence-electron chi connectivity index (χ0n) is 25.6. The molecule has 4 rings (SSSR count). The van der Waals surface area contributed by atoms with Gasteiger partial charge in [-0.2, -0.15) is 0 Å². The van der Waals surface area contributed by atoms with Crippen molar-refractivity contribution >= 4 is 24.6 Å². The summed E-state index contributed by atoms with van der Waals surface area (Å²) in [7, 11) is 1.43. The smallest absolute Gasteiger partial charge is 0.198 e. The first-order valence-electron chi connectivity index (χ1n) is 15.0. The lowest BCUT2D eigenvalue weighted by Gasteiger charge is -2.45. The van der Waals surface area contributed by atoms with Crippen molar-refractivity contribution in [3.05, 3.63) is 0 Å². The minimum absolute atomic E-state index is 0.113. The number of hydrogen-bond acceptors (Lipinski definition) is 22. The number of aliphatic hydroxyl groups is 5. The third-order valence-corrected chi connectivity index (χ3v) is 9.69. The Morgan fingerprint density at radius 1 is 0.681 bits per heavy atom. The molecule has 2 bridgehead atoms. The Balaban J connectivity index is 1.37. The zero-order valence-corrected chi connectivity index (χ0v) is 27.2. The number of rotatable bonds is 20. The van der Waals surface area contributed by atoms with E-state index in [1.54, 1.807) is 6.92 Å². The van der Waals surface area contributed by atoms with Crippen molar-refractivity contribution in [2.24, 2.45) is 17.8 Å². The quantitative estimate of drug-likeness (QED) is 0.0322. The number of ether oxygens (including phenoxy) is 7. The molecule has 4 saturated heterocycles. The summed E-state index contributed by atoms with van der Waals surface area (Å²) >= 11 is 0.554. The van der Waals surface area contributed by atoms with Gasteiger partial charge in [-0.1, -0.05) is 17.0 Å². The van der Waals surface area contributed by atoms with E-state index in [0.717, 1.165) is 0 Å². The Morgan fingerprint density at radius 2 is 1.21 bits per heavy atom. The maximum atomic E-state index is 11.4. The van der Waals surface area contributed by atoms with Gasteiger partial charge in [-0.05, 0) is 6.42 Å². The molecule has 4 heterocycles. The van der Waals surface area contributed by atoms with Crippen molar-refractivity contribution in [2.45, 2.75) is 86.8 Å². The Hall–Kier alpha value is -0.100. The van der Waals surface area contributed by atoms with Gasteiger partial charge in [0.2, 0.25) is 0 Å². The number of methoxy groups -OCH3 is 1. The Morgan fingerprint density at radius 3 is 1.72 bits per heavy atom. The lowest BCUT2D eigenvalue weighted by molar-refractivity contribution is -0.435. The van der Waals surface area contributed by atoms with Crippen LogP contribution in [0.4, 0.5) is 0 Å². The highest BCUT2D eigenvalue weighted by molar-refractivity contribution is 7.89. The van der Waals surface area contributed by atoms with Gasteiger partial charge in [0, 0.05) is 24.9 Å². The first-order valence-corrected chi connectivity index (χ1v) is 16.3. The van der Waals surface area contributed by atoms with Gasteiger partial charge in [-0.3, -0.25) is 8.37 Å². The molecule has 0 amide bonds.